The molecule has 1 aliphatic rings. The molecule has 0 aromatic carbocycles. The fourth-order valence-electron chi connectivity index (χ4n) is 2.38. The number of rotatable bonds is 5. The van der Waals surface area contributed by atoms with Gasteiger partial charge in [0, 0.05) is 12.6 Å². The SMILES string of the molecule is CCN(C(=O)CNC(=O)CN)C1CCCCC1. The molecule has 0 heterocycles. The summed E-state index contributed by atoms with van der Waals surface area (Å²) >= 11 is 0. The first-order chi connectivity index (χ1) is 8.19. The van der Waals surface area contributed by atoms with E-state index < -0.39 is 0 Å². The Kier molecular flexibility index (Phi) is 5.97. The van der Waals surface area contributed by atoms with Crippen molar-refractivity contribution in [2.75, 3.05) is 19.6 Å². The van der Waals surface area contributed by atoms with E-state index in [2.05, 4.69) is 5.32 Å². The molecule has 0 aromatic rings. The molecule has 5 nitrogen and oxygen atoms in total. The minimum atomic E-state index is -0.280. The highest BCUT2D eigenvalue weighted by Crippen LogP contribution is 2.22. The van der Waals surface area contributed by atoms with Gasteiger partial charge in [0.15, 0.2) is 0 Å². The molecule has 3 N–H and O–H groups in total. The summed E-state index contributed by atoms with van der Waals surface area (Å²) in [6.45, 7) is 2.70. The third kappa shape index (κ3) is 4.34. The second-order valence-corrected chi connectivity index (χ2v) is 4.45. The van der Waals surface area contributed by atoms with Crippen molar-refractivity contribution in [3.05, 3.63) is 0 Å². The maximum absolute atomic E-state index is 12.0. The number of amides is 2. The number of hydrogen-bond donors (Lipinski definition) is 2. The van der Waals surface area contributed by atoms with E-state index in [1.165, 1.54) is 19.3 Å². The van der Waals surface area contributed by atoms with E-state index >= 15 is 0 Å². The Morgan fingerprint density at radius 3 is 2.47 bits per heavy atom. The van der Waals surface area contributed by atoms with Crippen LogP contribution in [0, 0.1) is 0 Å². The molecule has 0 atom stereocenters. The van der Waals surface area contributed by atoms with Gasteiger partial charge in [-0.15, -0.1) is 0 Å². The molecule has 0 bridgehead atoms. The van der Waals surface area contributed by atoms with Gasteiger partial charge in [-0.25, -0.2) is 0 Å². The van der Waals surface area contributed by atoms with Crippen LogP contribution in [0.2, 0.25) is 0 Å². The number of likely N-dealkylation sites (N-methyl/N-ethyl adjacent to an activating group) is 1. The first-order valence-corrected chi connectivity index (χ1v) is 6.45. The van der Waals surface area contributed by atoms with Crippen LogP contribution in [0.4, 0.5) is 0 Å². The Labute approximate surface area is 103 Å². The lowest BCUT2D eigenvalue weighted by molar-refractivity contribution is -0.135. The molecule has 2 amide bonds. The average molecular weight is 241 g/mol. The summed E-state index contributed by atoms with van der Waals surface area (Å²) in [5, 5.41) is 2.53. The predicted octanol–water partition coefficient (Wildman–Crippen LogP) is 0.243. The summed E-state index contributed by atoms with van der Waals surface area (Å²) in [5.74, 6) is -0.278. The van der Waals surface area contributed by atoms with Gasteiger partial charge in [0.1, 0.15) is 0 Å². The first-order valence-electron chi connectivity index (χ1n) is 6.45. The highest BCUT2D eigenvalue weighted by atomic mass is 16.2. The zero-order chi connectivity index (χ0) is 12.7. The van der Waals surface area contributed by atoms with Crippen molar-refractivity contribution >= 4 is 11.8 Å². The Hall–Kier alpha value is -1.10. The summed E-state index contributed by atoms with van der Waals surface area (Å²) in [5.41, 5.74) is 5.17. The summed E-state index contributed by atoms with van der Waals surface area (Å²) in [6, 6.07) is 0.357. The minimum absolute atomic E-state index is 0.00111. The van der Waals surface area contributed by atoms with Gasteiger partial charge in [-0.2, -0.15) is 0 Å². The van der Waals surface area contributed by atoms with Gasteiger partial charge < -0.3 is 16.0 Å². The molecule has 0 radical (unpaired) electrons. The van der Waals surface area contributed by atoms with Crippen LogP contribution in [-0.4, -0.2) is 42.4 Å². The van der Waals surface area contributed by atoms with Gasteiger partial charge in [-0.1, -0.05) is 19.3 Å². The van der Waals surface area contributed by atoms with E-state index in [4.69, 9.17) is 5.73 Å². The highest BCUT2D eigenvalue weighted by molar-refractivity contribution is 5.85. The highest BCUT2D eigenvalue weighted by Gasteiger charge is 2.23. The van der Waals surface area contributed by atoms with E-state index in [1.54, 1.807) is 0 Å². The van der Waals surface area contributed by atoms with Crippen LogP contribution in [0.1, 0.15) is 39.0 Å². The maximum Gasteiger partial charge on any atom is 0.242 e. The van der Waals surface area contributed by atoms with Crippen molar-refractivity contribution in [2.24, 2.45) is 5.73 Å². The molecule has 1 fully saturated rings. The number of carbonyl (C=O) groups excluding carboxylic acids is 2. The predicted molar refractivity (Wildman–Crippen MR) is 66.3 cm³/mol. The zero-order valence-electron chi connectivity index (χ0n) is 10.6. The lowest BCUT2D eigenvalue weighted by Gasteiger charge is -2.33. The summed E-state index contributed by atoms with van der Waals surface area (Å²) in [6.07, 6.45) is 5.84. The molecule has 0 spiro atoms. The summed E-state index contributed by atoms with van der Waals surface area (Å²) < 4.78 is 0. The van der Waals surface area contributed by atoms with E-state index in [0.717, 1.165) is 12.8 Å². The molecule has 17 heavy (non-hydrogen) atoms. The molecule has 0 aliphatic heterocycles. The van der Waals surface area contributed by atoms with Gasteiger partial charge in [-0.05, 0) is 19.8 Å². The maximum atomic E-state index is 12.0. The third-order valence-electron chi connectivity index (χ3n) is 3.30. The van der Waals surface area contributed by atoms with Gasteiger partial charge in [0.25, 0.3) is 0 Å². The molecule has 1 saturated carbocycles. The Balaban J connectivity index is 2.42. The monoisotopic (exact) mass is 241 g/mol. The normalized spacial score (nSPS) is 16.6. The second-order valence-electron chi connectivity index (χ2n) is 4.45. The standard InChI is InChI=1S/C12H23N3O2/c1-2-15(10-6-4-3-5-7-10)12(17)9-14-11(16)8-13/h10H,2-9,13H2,1H3,(H,14,16). The van der Waals surface area contributed by atoms with Gasteiger partial charge >= 0.3 is 0 Å². The number of nitrogens with zero attached hydrogens (tertiary/aromatic N) is 1. The van der Waals surface area contributed by atoms with Crippen LogP contribution >= 0.6 is 0 Å². The van der Waals surface area contributed by atoms with Crippen molar-refractivity contribution in [3.63, 3.8) is 0 Å². The van der Waals surface area contributed by atoms with Crippen molar-refractivity contribution < 1.29 is 9.59 Å². The third-order valence-corrected chi connectivity index (χ3v) is 3.30. The van der Waals surface area contributed by atoms with Crippen LogP contribution in [-0.2, 0) is 9.59 Å². The number of carbonyl (C=O) groups is 2. The summed E-state index contributed by atoms with van der Waals surface area (Å²) in [4.78, 5) is 24.8. The minimum Gasteiger partial charge on any atom is -0.346 e. The largest absolute Gasteiger partial charge is 0.346 e. The Morgan fingerprint density at radius 2 is 1.94 bits per heavy atom. The fraction of sp³-hybridized carbons (Fsp3) is 0.833. The molecule has 1 rings (SSSR count). The van der Waals surface area contributed by atoms with E-state index in [0.29, 0.717) is 12.6 Å². The van der Waals surface area contributed by atoms with Crippen molar-refractivity contribution in [1.82, 2.24) is 10.2 Å². The van der Waals surface area contributed by atoms with Crippen LogP contribution in [0.15, 0.2) is 0 Å². The van der Waals surface area contributed by atoms with Crippen molar-refractivity contribution in [2.45, 2.75) is 45.1 Å². The number of hydrogen-bond acceptors (Lipinski definition) is 3. The van der Waals surface area contributed by atoms with Gasteiger partial charge in [0.2, 0.25) is 11.8 Å². The lowest BCUT2D eigenvalue weighted by Crippen LogP contribution is -2.47. The molecule has 5 heteroatoms. The van der Waals surface area contributed by atoms with E-state index in [9.17, 15) is 9.59 Å². The molecule has 0 unspecified atom stereocenters. The average Bonchev–Trinajstić information content (AvgIpc) is 2.38. The van der Waals surface area contributed by atoms with E-state index in [-0.39, 0.29) is 24.9 Å². The van der Waals surface area contributed by atoms with Crippen molar-refractivity contribution in [1.29, 1.82) is 0 Å². The second kappa shape index (κ2) is 7.27. The fourth-order valence-corrected chi connectivity index (χ4v) is 2.38. The van der Waals surface area contributed by atoms with E-state index in [1.807, 2.05) is 11.8 Å². The number of nitrogens with two attached hydrogens (primary N) is 1. The quantitative estimate of drug-likeness (QED) is 0.724. The molecular weight excluding hydrogens is 218 g/mol. The topological polar surface area (TPSA) is 75.4 Å². The van der Waals surface area contributed by atoms with Crippen LogP contribution in [0.5, 0.6) is 0 Å². The van der Waals surface area contributed by atoms with Gasteiger partial charge in [0.05, 0.1) is 13.1 Å². The zero-order valence-corrected chi connectivity index (χ0v) is 10.6. The molecular formula is C12H23N3O2. The summed E-state index contributed by atoms with van der Waals surface area (Å²) in [7, 11) is 0. The molecule has 0 saturated heterocycles. The lowest BCUT2D eigenvalue weighted by atomic mass is 9.94. The van der Waals surface area contributed by atoms with Gasteiger partial charge in [-0.3, -0.25) is 9.59 Å². The van der Waals surface area contributed by atoms with Crippen LogP contribution < -0.4 is 11.1 Å². The molecule has 1 aliphatic carbocycles. The van der Waals surface area contributed by atoms with Crippen LogP contribution in [0.25, 0.3) is 0 Å². The molecule has 98 valence electrons. The Morgan fingerprint density at radius 1 is 1.29 bits per heavy atom. The first kappa shape index (κ1) is 14.0. The smallest absolute Gasteiger partial charge is 0.242 e. The molecule has 0 aromatic heterocycles. The van der Waals surface area contributed by atoms with Crippen LogP contribution in [0.3, 0.4) is 0 Å². The Bertz CT molecular complexity index is 262. The van der Waals surface area contributed by atoms with Crippen molar-refractivity contribution in [3.8, 4) is 0 Å². The number of nitrogens with one attached hydrogen (secondary N) is 1.